The molecule has 0 saturated carbocycles. The number of hydrogen-bond acceptors (Lipinski definition) is 4. The highest BCUT2D eigenvalue weighted by Crippen LogP contribution is 2.51. The minimum absolute atomic E-state index is 0.206. The van der Waals surface area contributed by atoms with Crippen LogP contribution in [0.15, 0.2) is 0 Å². The van der Waals surface area contributed by atoms with Crippen molar-refractivity contribution in [2.24, 2.45) is 0 Å². The molecule has 0 bridgehead atoms. The van der Waals surface area contributed by atoms with Crippen LogP contribution in [0.25, 0.3) is 0 Å². The summed E-state index contributed by atoms with van der Waals surface area (Å²) in [5.41, 5.74) is 0. The number of halogens is 3. The van der Waals surface area contributed by atoms with Crippen LogP contribution >= 0.6 is 54.1 Å². The normalized spacial score (nSPS) is 11.9. The van der Waals surface area contributed by atoms with Gasteiger partial charge in [0.25, 0.3) is 0 Å². The lowest BCUT2D eigenvalue weighted by molar-refractivity contribution is 0.233. The minimum Gasteiger partial charge on any atom is -0.284 e. The molecule has 0 spiro atoms. The van der Waals surface area contributed by atoms with E-state index in [0.717, 1.165) is 0 Å². The van der Waals surface area contributed by atoms with Gasteiger partial charge in [0, 0.05) is 4.43 Å². The predicted molar refractivity (Wildman–Crippen MR) is 46.3 cm³/mol. The van der Waals surface area contributed by atoms with Crippen LogP contribution in [-0.2, 0) is 17.2 Å². The molecule has 4 nitrogen and oxygen atoms in total. The fraction of sp³-hybridized carbons (Fsp3) is 1.00. The van der Waals surface area contributed by atoms with Gasteiger partial charge in [-0.1, -0.05) is 22.6 Å². The summed E-state index contributed by atoms with van der Waals surface area (Å²) in [6.07, 6.45) is 0. The summed E-state index contributed by atoms with van der Waals surface area (Å²) in [4.78, 5) is 0. The van der Waals surface area contributed by atoms with Gasteiger partial charge in [-0.15, -0.1) is 0 Å². The van der Waals surface area contributed by atoms with Gasteiger partial charge >= 0.3 is 7.82 Å². The van der Waals surface area contributed by atoms with Crippen molar-refractivity contribution in [1.29, 1.82) is 0 Å². The highest BCUT2D eigenvalue weighted by Gasteiger charge is 2.25. The second kappa shape index (κ2) is 5.99. The molecule has 0 aromatic carbocycles. The zero-order valence-corrected chi connectivity index (χ0v) is 9.19. The first kappa shape index (κ1) is 11.4. The van der Waals surface area contributed by atoms with E-state index in [1.165, 1.54) is 0 Å². The van der Waals surface area contributed by atoms with Crippen LogP contribution in [0.5, 0.6) is 0 Å². The quantitative estimate of drug-likeness (QED) is 0.444. The van der Waals surface area contributed by atoms with Crippen molar-refractivity contribution in [2.75, 3.05) is 11.0 Å². The first-order valence-corrected chi connectivity index (χ1v) is 5.70. The summed E-state index contributed by atoms with van der Waals surface area (Å²) in [6, 6.07) is 0. The van der Waals surface area contributed by atoms with Crippen molar-refractivity contribution in [3.63, 3.8) is 0 Å². The Hall–Kier alpha value is 1.42. The van der Waals surface area contributed by atoms with Gasteiger partial charge < -0.3 is 0 Å². The van der Waals surface area contributed by atoms with Gasteiger partial charge in [0.05, 0.1) is 30.3 Å². The summed E-state index contributed by atoms with van der Waals surface area (Å²) in [5.74, 6) is 0. The second-order valence-corrected chi connectivity index (χ2v) is 4.44. The highest BCUT2D eigenvalue weighted by molar-refractivity contribution is 14.1. The molecule has 0 fully saturated rings. The Kier molecular flexibility index (Phi) is 6.85. The largest absolute Gasteiger partial charge is 0.507 e. The maximum Gasteiger partial charge on any atom is 0.507 e. The molecule has 0 aromatic rings. The zero-order chi connectivity index (χ0) is 8.04. The molecule has 62 valence electrons. The van der Waals surface area contributed by atoms with E-state index in [9.17, 15) is 4.57 Å². The molecular weight excluding hydrogens is 317 g/mol. The van der Waals surface area contributed by atoms with Gasteiger partial charge in [-0.3, -0.25) is 4.52 Å². The molecule has 0 saturated heterocycles. The van der Waals surface area contributed by atoms with Gasteiger partial charge in [-0.25, -0.2) is 4.57 Å². The van der Waals surface area contributed by atoms with Crippen molar-refractivity contribution in [2.45, 2.75) is 0 Å². The molecule has 0 heterocycles. The number of phosphoric acid groups is 1. The molecule has 0 rings (SSSR count). The summed E-state index contributed by atoms with van der Waals surface area (Å²) in [6.45, 7) is 0.206. The standard InChI is InChI=1S/C2H4Cl2IO4P/c3-8-10(6,9-4)7-2-1-5/h1-2H2. The summed E-state index contributed by atoms with van der Waals surface area (Å²) < 4.78 is 23.6. The van der Waals surface area contributed by atoms with Crippen LogP contribution in [0.3, 0.4) is 0 Å². The fourth-order valence-electron chi connectivity index (χ4n) is 0.197. The average Bonchev–Trinajstić information content (AvgIpc) is 2.00. The molecule has 0 aliphatic heterocycles. The van der Waals surface area contributed by atoms with Crippen LogP contribution in [0, 0.1) is 0 Å². The lowest BCUT2D eigenvalue weighted by atomic mass is 10.9. The second-order valence-electron chi connectivity index (χ2n) is 1.11. The summed E-state index contributed by atoms with van der Waals surface area (Å²) in [5, 5.41) is 0. The third-order valence-corrected chi connectivity index (χ3v) is 2.79. The van der Waals surface area contributed by atoms with E-state index in [2.05, 4.69) is 12.7 Å². The smallest absolute Gasteiger partial charge is 0.284 e. The van der Waals surface area contributed by atoms with Crippen LogP contribution in [0.4, 0.5) is 0 Å². The number of hydrogen-bond donors (Lipinski definition) is 0. The Morgan fingerprint density at radius 2 is 1.90 bits per heavy atom. The van der Waals surface area contributed by atoms with Crippen molar-refractivity contribution in [1.82, 2.24) is 0 Å². The van der Waals surface area contributed by atoms with Gasteiger partial charge in [0.1, 0.15) is 0 Å². The van der Waals surface area contributed by atoms with Gasteiger partial charge in [-0.05, 0) is 0 Å². The van der Waals surface area contributed by atoms with Crippen molar-refractivity contribution < 1.29 is 17.2 Å². The van der Waals surface area contributed by atoms with Gasteiger partial charge in [-0.2, -0.15) is 8.15 Å². The third-order valence-electron chi connectivity index (χ3n) is 0.496. The summed E-state index contributed by atoms with van der Waals surface area (Å²) in [7, 11) is -3.67. The van der Waals surface area contributed by atoms with E-state index in [-0.39, 0.29) is 6.61 Å². The monoisotopic (exact) mass is 320 g/mol. The molecule has 0 atom stereocenters. The molecule has 0 N–H and O–H groups in total. The lowest BCUT2D eigenvalue weighted by Crippen LogP contribution is -1.93. The van der Waals surface area contributed by atoms with E-state index in [1.807, 2.05) is 22.6 Å². The molecule has 0 unspecified atom stereocenters. The van der Waals surface area contributed by atoms with Crippen LogP contribution in [0.1, 0.15) is 0 Å². The first-order chi connectivity index (χ1) is 4.68. The Morgan fingerprint density at radius 1 is 1.40 bits per heavy atom. The van der Waals surface area contributed by atoms with Crippen LogP contribution in [0.2, 0.25) is 0 Å². The Morgan fingerprint density at radius 3 is 2.20 bits per heavy atom. The average molecular weight is 321 g/mol. The molecule has 0 aliphatic rings. The minimum atomic E-state index is -3.67. The third kappa shape index (κ3) is 4.33. The summed E-state index contributed by atoms with van der Waals surface area (Å²) >= 11 is 11.5. The highest BCUT2D eigenvalue weighted by atomic mass is 127. The SMILES string of the molecule is O=P(OCl)(OCl)OCCI. The van der Waals surface area contributed by atoms with Crippen molar-refractivity contribution in [3.8, 4) is 0 Å². The topological polar surface area (TPSA) is 44.8 Å². The zero-order valence-electron chi connectivity index (χ0n) is 4.63. The predicted octanol–water partition coefficient (Wildman–Crippen LogP) is 2.89. The number of alkyl halides is 1. The van der Waals surface area contributed by atoms with E-state index in [0.29, 0.717) is 4.43 Å². The van der Waals surface area contributed by atoms with Crippen LogP contribution < -0.4 is 0 Å². The Labute approximate surface area is 82.2 Å². The number of rotatable bonds is 5. The van der Waals surface area contributed by atoms with E-state index in [4.69, 9.17) is 23.7 Å². The van der Waals surface area contributed by atoms with E-state index >= 15 is 0 Å². The van der Waals surface area contributed by atoms with Gasteiger partial charge in [0.2, 0.25) is 0 Å². The van der Waals surface area contributed by atoms with Crippen LogP contribution in [-0.4, -0.2) is 11.0 Å². The Balaban J connectivity index is 3.70. The Bertz CT molecular complexity index is 124. The fourth-order valence-corrected chi connectivity index (χ4v) is 1.68. The molecule has 8 heteroatoms. The lowest BCUT2D eigenvalue weighted by Gasteiger charge is -2.06. The molecular formula is C2H4Cl2IO4P. The molecule has 0 aliphatic carbocycles. The van der Waals surface area contributed by atoms with E-state index < -0.39 is 7.82 Å². The molecule has 10 heavy (non-hydrogen) atoms. The van der Waals surface area contributed by atoms with Crippen molar-refractivity contribution in [3.05, 3.63) is 0 Å². The maximum absolute atomic E-state index is 10.8. The molecule has 0 amide bonds. The van der Waals surface area contributed by atoms with Crippen molar-refractivity contribution >= 4 is 54.1 Å². The van der Waals surface area contributed by atoms with Gasteiger partial charge in [0.15, 0.2) is 0 Å². The molecule has 0 aromatic heterocycles. The first-order valence-electron chi connectivity index (χ1n) is 2.09. The van der Waals surface area contributed by atoms with E-state index in [1.54, 1.807) is 0 Å². The molecule has 0 radical (unpaired) electrons. The maximum atomic E-state index is 10.8.